The van der Waals surface area contributed by atoms with Gasteiger partial charge in [0.05, 0.1) is 11.4 Å². The number of fused-ring (bicyclic) bond motifs is 1. The number of aryl methyl sites for hydroxylation is 2. The minimum absolute atomic E-state index is 0.0547. The van der Waals surface area contributed by atoms with Crippen molar-refractivity contribution in [2.75, 3.05) is 10.6 Å². The molecule has 1 heterocycles. The molecule has 3 nitrogen and oxygen atoms in total. The van der Waals surface area contributed by atoms with Gasteiger partial charge in [0.2, 0.25) is 5.91 Å². The van der Waals surface area contributed by atoms with E-state index < -0.39 is 0 Å². The molecule has 1 unspecified atom stereocenters. The van der Waals surface area contributed by atoms with Gasteiger partial charge in [0.25, 0.3) is 0 Å². The molecule has 1 atom stereocenters. The van der Waals surface area contributed by atoms with Crippen molar-refractivity contribution in [2.24, 2.45) is 0 Å². The van der Waals surface area contributed by atoms with Gasteiger partial charge in [-0.15, -0.1) is 0 Å². The van der Waals surface area contributed by atoms with Gasteiger partial charge in [0.1, 0.15) is 6.04 Å². The fourth-order valence-electron chi connectivity index (χ4n) is 2.52. The molecule has 2 N–H and O–H groups in total. The van der Waals surface area contributed by atoms with Gasteiger partial charge in [0, 0.05) is 0 Å². The van der Waals surface area contributed by atoms with Crippen LogP contribution < -0.4 is 10.6 Å². The van der Waals surface area contributed by atoms with E-state index in [1.165, 1.54) is 5.56 Å². The summed E-state index contributed by atoms with van der Waals surface area (Å²) in [6, 6.07) is 16.2. The second kappa shape index (κ2) is 5.37. The Hall–Kier alpha value is -2.29. The van der Waals surface area contributed by atoms with Crippen molar-refractivity contribution in [1.82, 2.24) is 0 Å². The smallest absolute Gasteiger partial charge is 0.246 e. The molecule has 0 saturated carbocycles. The van der Waals surface area contributed by atoms with Crippen molar-refractivity contribution >= 4 is 17.3 Å². The maximum absolute atomic E-state index is 12.1. The number of anilines is 2. The second-order valence-corrected chi connectivity index (χ2v) is 5.26. The lowest BCUT2D eigenvalue weighted by Crippen LogP contribution is -2.39. The third-order valence-electron chi connectivity index (χ3n) is 3.64. The highest BCUT2D eigenvalue weighted by molar-refractivity contribution is 6.03. The lowest BCUT2D eigenvalue weighted by Gasteiger charge is -2.27. The van der Waals surface area contributed by atoms with E-state index in [2.05, 4.69) is 28.8 Å². The van der Waals surface area contributed by atoms with Crippen LogP contribution in [0.1, 0.15) is 17.5 Å². The lowest BCUT2D eigenvalue weighted by molar-refractivity contribution is -0.117. The zero-order valence-corrected chi connectivity index (χ0v) is 11.5. The lowest BCUT2D eigenvalue weighted by atomic mass is 10.0. The highest BCUT2D eigenvalue weighted by atomic mass is 16.2. The van der Waals surface area contributed by atoms with E-state index >= 15 is 0 Å². The number of benzene rings is 2. The van der Waals surface area contributed by atoms with Crippen molar-refractivity contribution in [2.45, 2.75) is 25.8 Å². The third-order valence-corrected chi connectivity index (χ3v) is 3.64. The summed E-state index contributed by atoms with van der Waals surface area (Å²) in [4.78, 5) is 12.1. The molecular weight excluding hydrogens is 248 g/mol. The molecule has 0 fully saturated rings. The zero-order chi connectivity index (χ0) is 13.9. The first-order valence-corrected chi connectivity index (χ1v) is 6.94. The fraction of sp³-hybridized carbons (Fsp3) is 0.235. The number of hydrogen-bond donors (Lipinski definition) is 2. The van der Waals surface area contributed by atoms with Crippen LogP contribution in [0.15, 0.2) is 48.5 Å². The van der Waals surface area contributed by atoms with Crippen LogP contribution in [0.2, 0.25) is 0 Å². The zero-order valence-electron chi connectivity index (χ0n) is 11.5. The molecule has 0 aromatic heterocycles. The van der Waals surface area contributed by atoms with E-state index in [0.29, 0.717) is 0 Å². The number of nitrogens with one attached hydrogen (secondary N) is 2. The molecule has 102 valence electrons. The summed E-state index contributed by atoms with van der Waals surface area (Å²) in [6.07, 6.45) is 1.69. The van der Waals surface area contributed by atoms with E-state index in [0.717, 1.165) is 29.8 Å². The molecule has 3 heteroatoms. The predicted octanol–water partition coefficient (Wildman–Crippen LogP) is 3.36. The molecule has 0 spiro atoms. The summed E-state index contributed by atoms with van der Waals surface area (Å²) in [6.45, 7) is 2.02. The largest absolute Gasteiger partial charge is 0.372 e. The maximum Gasteiger partial charge on any atom is 0.246 e. The maximum atomic E-state index is 12.1. The molecule has 1 aliphatic rings. The summed E-state index contributed by atoms with van der Waals surface area (Å²) >= 11 is 0. The van der Waals surface area contributed by atoms with Crippen LogP contribution in [0.5, 0.6) is 0 Å². The minimum Gasteiger partial charge on any atom is -0.372 e. The summed E-state index contributed by atoms with van der Waals surface area (Å²) in [7, 11) is 0. The van der Waals surface area contributed by atoms with Gasteiger partial charge < -0.3 is 10.6 Å². The summed E-state index contributed by atoms with van der Waals surface area (Å²) < 4.78 is 0. The average Bonchev–Trinajstić information content (AvgIpc) is 2.46. The highest BCUT2D eigenvalue weighted by Gasteiger charge is 2.24. The van der Waals surface area contributed by atoms with E-state index in [-0.39, 0.29) is 11.9 Å². The first-order chi connectivity index (χ1) is 9.72. The Bertz CT molecular complexity index is 622. The van der Waals surface area contributed by atoms with Crippen LogP contribution in [0.25, 0.3) is 0 Å². The van der Waals surface area contributed by atoms with Gasteiger partial charge in [-0.1, -0.05) is 36.4 Å². The molecule has 2 aromatic carbocycles. The average molecular weight is 266 g/mol. The molecule has 0 saturated heterocycles. The molecule has 1 amide bonds. The van der Waals surface area contributed by atoms with Crippen LogP contribution in [-0.4, -0.2) is 11.9 Å². The Morgan fingerprint density at radius 3 is 2.65 bits per heavy atom. The van der Waals surface area contributed by atoms with Crippen LogP contribution >= 0.6 is 0 Å². The van der Waals surface area contributed by atoms with E-state index in [1.54, 1.807) is 0 Å². The standard InChI is InChI=1S/C17H18N2O/c1-12-7-9-14-16(11-12)19-17(20)15(18-14)10-8-13-5-3-2-4-6-13/h2-7,9,11,15,18H,8,10H2,1H3,(H,19,20). The van der Waals surface area contributed by atoms with E-state index in [1.807, 2.05) is 37.3 Å². The molecule has 20 heavy (non-hydrogen) atoms. The molecular formula is C17H18N2O. The number of carbonyl (C=O) groups excluding carboxylic acids is 1. The van der Waals surface area contributed by atoms with E-state index in [4.69, 9.17) is 0 Å². The van der Waals surface area contributed by atoms with Crippen molar-refractivity contribution in [1.29, 1.82) is 0 Å². The topological polar surface area (TPSA) is 41.1 Å². The van der Waals surface area contributed by atoms with Gasteiger partial charge in [-0.2, -0.15) is 0 Å². The van der Waals surface area contributed by atoms with Gasteiger partial charge in [-0.25, -0.2) is 0 Å². The van der Waals surface area contributed by atoms with Crippen molar-refractivity contribution in [3.63, 3.8) is 0 Å². The van der Waals surface area contributed by atoms with E-state index in [9.17, 15) is 4.79 Å². The first kappa shape index (κ1) is 12.7. The highest BCUT2D eigenvalue weighted by Crippen LogP contribution is 2.28. The number of rotatable bonds is 3. The van der Waals surface area contributed by atoms with Crippen molar-refractivity contribution < 1.29 is 4.79 Å². The Morgan fingerprint density at radius 1 is 1.05 bits per heavy atom. The number of hydrogen-bond acceptors (Lipinski definition) is 2. The molecule has 3 rings (SSSR count). The van der Waals surface area contributed by atoms with Gasteiger partial charge in [0.15, 0.2) is 0 Å². The molecule has 0 bridgehead atoms. The Kier molecular flexibility index (Phi) is 3.42. The Balaban J connectivity index is 1.70. The third kappa shape index (κ3) is 2.67. The quantitative estimate of drug-likeness (QED) is 0.894. The first-order valence-electron chi connectivity index (χ1n) is 6.94. The molecule has 1 aliphatic heterocycles. The Morgan fingerprint density at radius 2 is 1.85 bits per heavy atom. The SMILES string of the molecule is Cc1ccc2c(c1)NC(=O)C(CCc1ccccc1)N2. The molecule has 2 aromatic rings. The predicted molar refractivity (Wildman–Crippen MR) is 82.0 cm³/mol. The van der Waals surface area contributed by atoms with Crippen LogP contribution in [0, 0.1) is 6.92 Å². The molecule has 0 radical (unpaired) electrons. The van der Waals surface area contributed by atoms with Crippen LogP contribution in [-0.2, 0) is 11.2 Å². The normalized spacial score (nSPS) is 17.1. The Labute approximate surface area is 119 Å². The van der Waals surface area contributed by atoms with Crippen LogP contribution in [0.3, 0.4) is 0 Å². The van der Waals surface area contributed by atoms with Crippen molar-refractivity contribution in [3.8, 4) is 0 Å². The monoisotopic (exact) mass is 266 g/mol. The van der Waals surface area contributed by atoms with Crippen molar-refractivity contribution in [3.05, 3.63) is 59.7 Å². The number of carbonyl (C=O) groups is 1. The summed E-state index contributed by atoms with van der Waals surface area (Å²) in [5, 5.41) is 6.32. The second-order valence-electron chi connectivity index (χ2n) is 5.26. The minimum atomic E-state index is -0.162. The van der Waals surface area contributed by atoms with Crippen LogP contribution in [0.4, 0.5) is 11.4 Å². The fourth-order valence-corrected chi connectivity index (χ4v) is 2.52. The summed E-state index contributed by atoms with van der Waals surface area (Å²) in [5.41, 5.74) is 4.30. The van der Waals surface area contributed by atoms with Gasteiger partial charge in [-0.05, 0) is 43.0 Å². The van der Waals surface area contributed by atoms with Gasteiger partial charge in [-0.3, -0.25) is 4.79 Å². The van der Waals surface area contributed by atoms with Gasteiger partial charge >= 0.3 is 0 Å². The summed E-state index contributed by atoms with van der Waals surface area (Å²) in [5.74, 6) is 0.0547. The molecule has 0 aliphatic carbocycles. The number of amides is 1.